The van der Waals surface area contributed by atoms with Gasteiger partial charge in [-0.1, -0.05) is 0 Å². The lowest BCUT2D eigenvalue weighted by atomic mass is 10.1. The van der Waals surface area contributed by atoms with Crippen molar-refractivity contribution in [3.8, 4) is 0 Å². The van der Waals surface area contributed by atoms with E-state index in [2.05, 4.69) is 15.9 Å². The number of alkyl halides is 3. The van der Waals surface area contributed by atoms with Crippen LogP contribution in [0.3, 0.4) is 0 Å². The standard InChI is InChI=1S/C12H11BrF3NO2/c13-10-2-1-8(12(14,15)16)7-9(10)11(18)17-3-5-19-6-4-17/h1-2,7H,3-6H2. The minimum atomic E-state index is -4.46. The van der Waals surface area contributed by atoms with Crippen LogP contribution in [0.25, 0.3) is 0 Å². The molecule has 1 aliphatic rings. The maximum atomic E-state index is 12.6. The van der Waals surface area contributed by atoms with E-state index in [-0.39, 0.29) is 5.56 Å². The van der Waals surface area contributed by atoms with E-state index in [1.165, 1.54) is 11.0 Å². The van der Waals surface area contributed by atoms with Gasteiger partial charge in [0.1, 0.15) is 0 Å². The molecule has 0 saturated carbocycles. The molecule has 0 aromatic heterocycles. The molecule has 1 saturated heterocycles. The van der Waals surface area contributed by atoms with Crippen LogP contribution in [0.1, 0.15) is 15.9 Å². The first-order valence-corrected chi connectivity index (χ1v) is 6.42. The second-order valence-corrected chi connectivity index (χ2v) is 4.95. The van der Waals surface area contributed by atoms with Crippen molar-refractivity contribution in [3.05, 3.63) is 33.8 Å². The fourth-order valence-electron chi connectivity index (χ4n) is 1.80. The van der Waals surface area contributed by atoms with Gasteiger partial charge in [0.2, 0.25) is 0 Å². The van der Waals surface area contributed by atoms with Crippen molar-refractivity contribution in [2.24, 2.45) is 0 Å². The summed E-state index contributed by atoms with van der Waals surface area (Å²) in [5.41, 5.74) is -0.802. The molecule has 19 heavy (non-hydrogen) atoms. The third kappa shape index (κ3) is 3.27. The van der Waals surface area contributed by atoms with Crippen LogP contribution in [0.15, 0.2) is 22.7 Å². The Morgan fingerprint density at radius 3 is 2.47 bits per heavy atom. The number of benzene rings is 1. The predicted molar refractivity (Wildman–Crippen MR) is 65.9 cm³/mol. The SMILES string of the molecule is O=C(c1cc(C(F)(F)F)ccc1Br)N1CCOCC1. The molecule has 1 heterocycles. The van der Waals surface area contributed by atoms with Crippen LogP contribution in [0, 0.1) is 0 Å². The van der Waals surface area contributed by atoms with Crippen LogP contribution in [-0.4, -0.2) is 37.1 Å². The number of halogens is 4. The third-order valence-corrected chi connectivity index (χ3v) is 3.51. The Labute approximate surface area is 116 Å². The maximum Gasteiger partial charge on any atom is 0.416 e. The van der Waals surface area contributed by atoms with E-state index in [1.54, 1.807) is 0 Å². The van der Waals surface area contributed by atoms with Crippen LogP contribution in [0.4, 0.5) is 13.2 Å². The zero-order valence-electron chi connectivity index (χ0n) is 9.84. The Morgan fingerprint density at radius 1 is 1.26 bits per heavy atom. The highest BCUT2D eigenvalue weighted by Crippen LogP contribution is 2.32. The van der Waals surface area contributed by atoms with Gasteiger partial charge in [-0.3, -0.25) is 4.79 Å². The summed E-state index contributed by atoms with van der Waals surface area (Å²) >= 11 is 3.12. The van der Waals surface area contributed by atoms with Gasteiger partial charge in [-0.25, -0.2) is 0 Å². The van der Waals surface area contributed by atoms with Crippen LogP contribution in [-0.2, 0) is 10.9 Å². The molecule has 1 fully saturated rings. The average Bonchev–Trinajstić information content (AvgIpc) is 2.38. The molecule has 7 heteroatoms. The Kier molecular flexibility index (Phi) is 4.15. The Balaban J connectivity index is 2.30. The molecule has 1 aromatic carbocycles. The number of rotatable bonds is 1. The monoisotopic (exact) mass is 337 g/mol. The Bertz CT molecular complexity index is 484. The van der Waals surface area contributed by atoms with Gasteiger partial charge in [0, 0.05) is 17.6 Å². The minimum Gasteiger partial charge on any atom is -0.378 e. The summed E-state index contributed by atoms with van der Waals surface area (Å²) in [6.45, 7) is 1.59. The van der Waals surface area contributed by atoms with Gasteiger partial charge in [0.25, 0.3) is 5.91 Å². The molecular formula is C12H11BrF3NO2. The van der Waals surface area contributed by atoms with Gasteiger partial charge >= 0.3 is 6.18 Å². The Hall–Kier alpha value is -1.08. The zero-order valence-corrected chi connectivity index (χ0v) is 11.4. The number of amides is 1. The molecule has 3 nitrogen and oxygen atoms in total. The zero-order chi connectivity index (χ0) is 14.0. The van der Waals surface area contributed by atoms with Crippen molar-refractivity contribution >= 4 is 21.8 Å². The lowest BCUT2D eigenvalue weighted by molar-refractivity contribution is -0.137. The normalized spacial score (nSPS) is 16.5. The second kappa shape index (κ2) is 5.50. The molecule has 104 valence electrons. The molecule has 0 aliphatic carbocycles. The number of hydrogen-bond acceptors (Lipinski definition) is 2. The van der Waals surface area contributed by atoms with Gasteiger partial charge in [-0.2, -0.15) is 13.2 Å². The van der Waals surface area contributed by atoms with Crippen molar-refractivity contribution in [3.63, 3.8) is 0 Å². The summed E-state index contributed by atoms with van der Waals surface area (Å²) < 4.78 is 43.4. The molecule has 0 bridgehead atoms. The molecule has 0 unspecified atom stereocenters. The van der Waals surface area contributed by atoms with Crippen LogP contribution >= 0.6 is 15.9 Å². The third-order valence-electron chi connectivity index (χ3n) is 2.82. The molecule has 2 rings (SSSR count). The van der Waals surface area contributed by atoms with E-state index >= 15 is 0 Å². The number of carbonyl (C=O) groups excluding carboxylic acids is 1. The van der Waals surface area contributed by atoms with E-state index in [0.29, 0.717) is 30.8 Å². The molecule has 0 radical (unpaired) electrons. The van der Waals surface area contributed by atoms with Gasteiger partial charge in [-0.15, -0.1) is 0 Å². The summed E-state index contributed by atoms with van der Waals surface area (Å²) in [5, 5.41) is 0. The van der Waals surface area contributed by atoms with Gasteiger partial charge in [-0.05, 0) is 34.1 Å². The summed E-state index contributed by atoms with van der Waals surface area (Å²) in [6.07, 6.45) is -4.46. The molecule has 0 N–H and O–H groups in total. The largest absolute Gasteiger partial charge is 0.416 e. The lowest BCUT2D eigenvalue weighted by Gasteiger charge is -2.27. The first-order valence-electron chi connectivity index (χ1n) is 5.63. The van der Waals surface area contributed by atoms with Crippen LogP contribution in [0.5, 0.6) is 0 Å². The number of ether oxygens (including phenoxy) is 1. The molecular weight excluding hydrogens is 327 g/mol. The van der Waals surface area contributed by atoms with E-state index in [0.717, 1.165) is 12.1 Å². The van der Waals surface area contributed by atoms with Gasteiger partial charge < -0.3 is 9.64 Å². The van der Waals surface area contributed by atoms with E-state index in [1.807, 2.05) is 0 Å². The quantitative estimate of drug-likeness (QED) is 0.788. The summed E-state index contributed by atoms with van der Waals surface area (Å²) in [6, 6.07) is 3.07. The van der Waals surface area contributed by atoms with Crippen molar-refractivity contribution < 1.29 is 22.7 Å². The molecule has 0 atom stereocenters. The fraction of sp³-hybridized carbons (Fsp3) is 0.417. The Morgan fingerprint density at radius 2 is 1.89 bits per heavy atom. The van der Waals surface area contributed by atoms with Crippen molar-refractivity contribution in [2.45, 2.75) is 6.18 Å². The van der Waals surface area contributed by atoms with Crippen LogP contribution < -0.4 is 0 Å². The molecule has 1 aromatic rings. The number of nitrogens with zero attached hydrogens (tertiary/aromatic N) is 1. The fourth-order valence-corrected chi connectivity index (χ4v) is 2.22. The van der Waals surface area contributed by atoms with Crippen molar-refractivity contribution in [1.82, 2.24) is 4.90 Å². The highest BCUT2D eigenvalue weighted by molar-refractivity contribution is 9.10. The van der Waals surface area contributed by atoms with Crippen LogP contribution in [0.2, 0.25) is 0 Å². The highest BCUT2D eigenvalue weighted by atomic mass is 79.9. The highest BCUT2D eigenvalue weighted by Gasteiger charge is 2.32. The first kappa shape index (κ1) is 14.3. The van der Waals surface area contributed by atoms with Crippen molar-refractivity contribution in [1.29, 1.82) is 0 Å². The minimum absolute atomic E-state index is 0.0247. The van der Waals surface area contributed by atoms with Gasteiger partial charge in [0.15, 0.2) is 0 Å². The molecule has 0 spiro atoms. The van der Waals surface area contributed by atoms with E-state index in [9.17, 15) is 18.0 Å². The van der Waals surface area contributed by atoms with E-state index in [4.69, 9.17) is 4.74 Å². The van der Waals surface area contributed by atoms with E-state index < -0.39 is 17.6 Å². The summed E-state index contributed by atoms with van der Waals surface area (Å²) in [4.78, 5) is 13.7. The van der Waals surface area contributed by atoms with Crippen molar-refractivity contribution in [2.75, 3.05) is 26.3 Å². The number of morpholine rings is 1. The molecule has 1 aliphatic heterocycles. The molecule has 1 amide bonds. The smallest absolute Gasteiger partial charge is 0.378 e. The van der Waals surface area contributed by atoms with Gasteiger partial charge in [0.05, 0.1) is 24.3 Å². The number of carbonyl (C=O) groups is 1. The number of hydrogen-bond donors (Lipinski definition) is 0. The summed E-state index contributed by atoms with van der Waals surface area (Å²) in [7, 11) is 0. The summed E-state index contributed by atoms with van der Waals surface area (Å²) in [5.74, 6) is -0.415. The lowest BCUT2D eigenvalue weighted by Crippen LogP contribution is -2.40. The first-order chi connectivity index (χ1) is 8.89. The predicted octanol–water partition coefficient (Wildman–Crippen LogP) is 2.94. The topological polar surface area (TPSA) is 29.5 Å². The second-order valence-electron chi connectivity index (χ2n) is 4.10. The average molecular weight is 338 g/mol. The maximum absolute atomic E-state index is 12.6.